The van der Waals surface area contributed by atoms with Gasteiger partial charge in [-0.3, -0.25) is 0 Å². The van der Waals surface area contributed by atoms with Gasteiger partial charge in [0.05, 0.1) is 6.61 Å². The number of halogens is 18. The van der Waals surface area contributed by atoms with Crippen LogP contribution in [0.2, 0.25) is 0 Å². The van der Waals surface area contributed by atoms with E-state index in [9.17, 15) is 74.6 Å². The van der Waals surface area contributed by atoms with E-state index in [1.165, 1.54) is 0 Å². The summed E-state index contributed by atoms with van der Waals surface area (Å²) in [5.74, 6) is -20.8. The van der Waals surface area contributed by atoms with Crippen LogP contribution in [0.1, 0.15) is 34.6 Å². The van der Waals surface area contributed by atoms with Crippen molar-refractivity contribution in [1.82, 2.24) is 0 Å². The van der Waals surface area contributed by atoms with Gasteiger partial charge in [0.1, 0.15) is 11.2 Å². The van der Waals surface area contributed by atoms with Crippen LogP contribution in [0, 0.1) is 0 Å². The number of aliphatic hydroxyl groups is 1. The Bertz CT molecular complexity index is 841. The molecule has 230 valence electrons. The molecule has 0 aliphatic heterocycles. The van der Waals surface area contributed by atoms with Crippen LogP contribution in [0.15, 0.2) is 0 Å². The molecule has 38 heavy (non-hydrogen) atoms. The van der Waals surface area contributed by atoms with Crippen molar-refractivity contribution in [2.24, 2.45) is 0 Å². The number of hydrogen-bond donors (Lipinski definition) is 1. The molecule has 0 saturated heterocycles. The fourth-order valence-corrected chi connectivity index (χ4v) is 2.86. The van der Waals surface area contributed by atoms with Crippen LogP contribution in [0.5, 0.6) is 0 Å². The van der Waals surface area contributed by atoms with E-state index in [2.05, 4.69) is 9.47 Å². The lowest BCUT2D eigenvalue weighted by Gasteiger charge is -2.49. The Morgan fingerprint density at radius 3 is 1.08 bits per heavy atom. The lowest BCUT2D eigenvalue weighted by atomic mass is 9.83. The highest BCUT2D eigenvalue weighted by molar-refractivity contribution is 5.11. The second-order valence-corrected chi connectivity index (χ2v) is 8.91. The molecule has 0 heterocycles. The van der Waals surface area contributed by atoms with E-state index < -0.39 is 106 Å². The smallest absolute Gasteiger partial charge is 0.393 e. The van der Waals surface area contributed by atoms with Crippen molar-refractivity contribution < 1.29 is 93.6 Å². The fraction of sp³-hybridized carbons (Fsp3) is 1.00. The molecule has 0 aromatic heterocycles. The molecule has 0 saturated carbocycles. The van der Waals surface area contributed by atoms with Crippen molar-refractivity contribution in [1.29, 1.82) is 0 Å². The topological polar surface area (TPSA) is 38.7 Å². The molecule has 1 N–H and O–H groups in total. The lowest BCUT2D eigenvalue weighted by Crippen LogP contribution is -2.74. The highest BCUT2D eigenvalue weighted by Crippen LogP contribution is 2.60. The minimum absolute atomic E-state index is 0.415. The Balaban J connectivity index is 7.03. The van der Waals surface area contributed by atoms with Gasteiger partial charge in [-0.15, -0.1) is 0 Å². The van der Waals surface area contributed by atoms with Gasteiger partial charge in [0.25, 0.3) is 5.67 Å². The highest BCUT2D eigenvalue weighted by atomic mass is 19.4. The Labute approximate surface area is 201 Å². The standard InChI is InChI=1S/C17H18F18O3/c1-7(2,10(20,6-36)14(26,27)28)37-16(32,33)11(21,15(29,30)31)8(3,4)38-17(34,35)13(24,25)12(22,23)9(5,18)19/h36H,6H2,1-5H3. The molecule has 3 nitrogen and oxygen atoms in total. The fourth-order valence-electron chi connectivity index (χ4n) is 2.86. The summed E-state index contributed by atoms with van der Waals surface area (Å²) in [6.45, 7) is -6.50. The van der Waals surface area contributed by atoms with Crippen molar-refractivity contribution in [3.05, 3.63) is 0 Å². The third-order valence-electron chi connectivity index (χ3n) is 5.32. The number of hydrogen-bond acceptors (Lipinski definition) is 3. The van der Waals surface area contributed by atoms with Gasteiger partial charge in [-0.1, -0.05) is 0 Å². The Morgan fingerprint density at radius 1 is 0.474 bits per heavy atom. The summed E-state index contributed by atoms with van der Waals surface area (Å²) in [5.41, 5.74) is -22.2. The van der Waals surface area contributed by atoms with Crippen LogP contribution in [0.4, 0.5) is 79.0 Å². The quantitative estimate of drug-likeness (QED) is 0.251. The third-order valence-corrected chi connectivity index (χ3v) is 5.32. The van der Waals surface area contributed by atoms with Crippen molar-refractivity contribution >= 4 is 0 Å². The normalized spacial score (nSPS) is 19.3. The van der Waals surface area contributed by atoms with E-state index in [1.54, 1.807) is 0 Å². The lowest BCUT2D eigenvalue weighted by molar-refractivity contribution is -0.489. The average Bonchev–Trinajstić information content (AvgIpc) is 2.61. The first-order chi connectivity index (χ1) is 16.0. The maximum atomic E-state index is 15.1. The molecule has 21 heteroatoms. The molecule has 0 aliphatic rings. The van der Waals surface area contributed by atoms with Gasteiger partial charge in [-0.2, -0.15) is 70.2 Å². The maximum absolute atomic E-state index is 15.1. The monoisotopic (exact) mass is 612 g/mol. The van der Waals surface area contributed by atoms with E-state index in [0.29, 0.717) is 0 Å². The van der Waals surface area contributed by atoms with Crippen LogP contribution < -0.4 is 0 Å². The Morgan fingerprint density at radius 2 is 0.816 bits per heavy atom. The van der Waals surface area contributed by atoms with Crippen LogP contribution in [-0.2, 0) is 9.47 Å². The van der Waals surface area contributed by atoms with Crippen molar-refractivity contribution in [3.8, 4) is 0 Å². The van der Waals surface area contributed by atoms with Gasteiger partial charge >= 0.3 is 48.0 Å². The van der Waals surface area contributed by atoms with Gasteiger partial charge in [0, 0.05) is 6.92 Å². The molecule has 0 bridgehead atoms. The van der Waals surface area contributed by atoms with Crippen molar-refractivity contribution in [3.63, 3.8) is 0 Å². The molecule has 0 aromatic carbocycles. The molecular weight excluding hydrogens is 594 g/mol. The van der Waals surface area contributed by atoms with Crippen LogP contribution in [0.25, 0.3) is 0 Å². The summed E-state index contributed by atoms with van der Waals surface area (Å²) in [6, 6.07) is 0. The second-order valence-electron chi connectivity index (χ2n) is 8.91. The van der Waals surface area contributed by atoms with E-state index >= 15 is 4.39 Å². The zero-order valence-corrected chi connectivity index (χ0v) is 19.3. The average molecular weight is 612 g/mol. The molecule has 0 aromatic rings. The minimum atomic E-state index is -7.54. The summed E-state index contributed by atoms with van der Waals surface area (Å²) >= 11 is 0. The highest BCUT2D eigenvalue weighted by Gasteiger charge is 2.86. The largest absolute Gasteiger partial charge is 0.434 e. The summed E-state index contributed by atoms with van der Waals surface area (Å²) in [6.07, 6.45) is -28.2. The van der Waals surface area contributed by atoms with Gasteiger partial charge in [-0.25, -0.2) is 8.78 Å². The first-order valence-corrected chi connectivity index (χ1v) is 9.39. The van der Waals surface area contributed by atoms with Gasteiger partial charge in [0.2, 0.25) is 0 Å². The summed E-state index contributed by atoms with van der Waals surface area (Å²) < 4.78 is 251. The Kier molecular flexibility index (Phi) is 9.00. The summed E-state index contributed by atoms with van der Waals surface area (Å²) in [4.78, 5) is 0. The van der Waals surface area contributed by atoms with Crippen molar-refractivity contribution in [2.75, 3.05) is 6.61 Å². The number of aliphatic hydroxyl groups excluding tert-OH is 1. The SMILES string of the molecule is CC(F)(F)C(F)(F)C(F)(F)C(F)(F)OC(C)(C)C(F)(C(F)(F)F)C(F)(F)OC(C)(C)C(F)(CO)C(F)(F)F. The van der Waals surface area contributed by atoms with Crippen LogP contribution in [-0.4, -0.2) is 76.6 Å². The van der Waals surface area contributed by atoms with Gasteiger partial charge < -0.3 is 14.6 Å². The molecule has 2 atom stereocenters. The molecule has 2 unspecified atom stereocenters. The number of ether oxygens (including phenoxy) is 2. The molecule has 0 rings (SSSR count). The molecule has 0 aliphatic carbocycles. The first-order valence-electron chi connectivity index (χ1n) is 9.39. The van der Waals surface area contributed by atoms with E-state index in [-0.39, 0.29) is 0 Å². The Hall–Kier alpha value is -1.38. The molecular formula is C17H18F18O3. The third kappa shape index (κ3) is 5.34. The van der Waals surface area contributed by atoms with Crippen molar-refractivity contribution in [2.45, 2.75) is 99.5 Å². The minimum Gasteiger partial charge on any atom is -0.393 e. The van der Waals surface area contributed by atoms with Gasteiger partial charge in [0.15, 0.2) is 0 Å². The molecule has 0 amide bonds. The van der Waals surface area contributed by atoms with Gasteiger partial charge in [-0.05, 0) is 27.7 Å². The zero-order valence-electron chi connectivity index (χ0n) is 19.3. The predicted molar refractivity (Wildman–Crippen MR) is 87.6 cm³/mol. The molecule has 0 fully saturated rings. The zero-order chi connectivity index (χ0) is 31.6. The second kappa shape index (κ2) is 9.34. The number of rotatable bonds is 11. The van der Waals surface area contributed by atoms with E-state index in [0.717, 1.165) is 0 Å². The van der Waals surface area contributed by atoms with E-state index in [4.69, 9.17) is 5.11 Å². The summed E-state index contributed by atoms with van der Waals surface area (Å²) in [7, 11) is 0. The maximum Gasteiger partial charge on any atom is 0.434 e. The van der Waals surface area contributed by atoms with Crippen LogP contribution >= 0.6 is 0 Å². The first kappa shape index (κ1) is 36.6. The molecule has 0 spiro atoms. The van der Waals surface area contributed by atoms with E-state index in [1.807, 2.05) is 0 Å². The molecule has 0 radical (unpaired) electrons. The predicted octanol–water partition coefficient (Wildman–Crippen LogP) is 7.22. The number of alkyl halides is 18. The summed E-state index contributed by atoms with van der Waals surface area (Å²) in [5, 5.41) is 8.68. The van der Waals surface area contributed by atoms with Crippen LogP contribution in [0.3, 0.4) is 0 Å².